The second-order valence-corrected chi connectivity index (χ2v) is 8.14. The molecule has 2 N–H and O–H groups in total. The fraction of sp³-hybridized carbons (Fsp3) is 0.750. The molecule has 2 rings (SSSR count). The zero-order valence-electron chi connectivity index (χ0n) is 18.0. The summed E-state index contributed by atoms with van der Waals surface area (Å²) in [4.78, 5) is 18.8. The highest BCUT2D eigenvalue weighted by Crippen LogP contribution is 2.38. The molecule has 1 unspecified atom stereocenters. The maximum atomic E-state index is 12.7. The molecule has 1 heterocycles. The number of amides is 1. The number of aryl methyl sites for hydroxylation is 2. The van der Waals surface area contributed by atoms with Gasteiger partial charge >= 0.3 is 0 Å². The third kappa shape index (κ3) is 4.82. The molecule has 7 heteroatoms. The molecular formula is C20H36N6O. The van der Waals surface area contributed by atoms with Crippen molar-refractivity contribution in [3.05, 3.63) is 17.0 Å². The summed E-state index contributed by atoms with van der Waals surface area (Å²) in [5.41, 5.74) is 3.25. The van der Waals surface area contributed by atoms with Crippen molar-refractivity contribution in [2.75, 3.05) is 27.7 Å². The van der Waals surface area contributed by atoms with E-state index in [1.807, 2.05) is 25.8 Å². The van der Waals surface area contributed by atoms with Crippen LogP contribution in [-0.2, 0) is 18.3 Å². The number of carbonyl (C=O) groups is 1. The number of hydrogen-bond acceptors (Lipinski definition) is 3. The van der Waals surface area contributed by atoms with Gasteiger partial charge in [0.15, 0.2) is 5.96 Å². The van der Waals surface area contributed by atoms with Crippen molar-refractivity contribution >= 4 is 11.9 Å². The monoisotopic (exact) mass is 376 g/mol. The Balaban J connectivity index is 1.98. The molecule has 0 spiro atoms. The molecule has 1 aliphatic carbocycles. The molecule has 0 saturated heterocycles. The molecule has 7 nitrogen and oxygen atoms in total. The Morgan fingerprint density at radius 1 is 1.33 bits per heavy atom. The Hall–Kier alpha value is -2.05. The average molecular weight is 377 g/mol. The minimum atomic E-state index is -0.305. The number of rotatable bonds is 6. The second kappa shape index (κ2) is 8.76. The van der Waals surface area contributed by atoms with Gasteiger partial charge in [-0.2, -0.15) is 5.10 Å². The normalized spacial score (nSPS) is 17.7. The fourth-order valence-electron chi connectivity index (χ4n) is 4.14. The maximum absolute atomic E-state index is 12.7. The maximum Gasteiger partial charge on any atom is 0.230 e. The molecule has 0 aromatic carbocycles. The predicted molar refractivity (Wildman–Crippen MR) is 110 cm³/mol. The van der Waals surface area contributed by atoms with E-state index in [1.165, 1.54) is 11.3 Å². The molecule has 1 amide bonds. The molecule has 1 aromatic heterocycles. The summed E-state index contributed by atoms with van der Waals surface area (Å²) in [6, 6.07) is 0.210. The molecule has 1 fully saturated rings. The summed E-state index contributed by atoms with van der Waals surface area (Å²) < 4.78 is 1.93. The lowest BCUT2D eigenvalue weighted by Gasteiger charge is -2.31. The van der Waals surface area contributed by atoms with Crippen molar-refractivity contribution in [3.63, 3.8) is 0 Å². The Bertz CT molecular complexity index is 685. The van der Waals surface area contributed by atoms with Crippen LogP contribution in [0, 0.1) is 19.3 Å². The average Bonchev–Trinajstić information content (AvgIpc) is 3.19. The van der Waals surface area contributed by atoms with E-state index in [1.54, 1.807) is 11.9 Å². The molecule has 0 bridgehead atoms. The van der Waals surface area contributed by atoms with Crippen LogP contribution < -0.4 is 10.6 Å². The molecule has 0 radical (unpaired) electrons. The molecule has 1 atom stereocenters. The van der Waals surface area contributed by atoms with Crippen LogP contribution in [0.25, 0.3) is 0 Å². The molecule has 1 saturated carbocycles. The van der Waals surface area contributed by atoms with Gasteiger partial charge in [-0.15, -0.1) is 0 Å². The highest BCUT2D eigenvalue weighted by Gasteiger charge is 2.42. The van der Waals surface area contributed by atoms with Crippen LogP contribution in [0.15, 0.2) is 4.99 Å². The van der Waals surface area contributed by atoms with Crippen LogP contribution in [0.2, 0.25) is 0 Å². The van der Waals surface area contributed by atoms with E-state index in [4.69, 9.17) is 0 Å². The third-order valence-electron chi connectivity index (χ3n) is 5.79. The van der Waals surface area contributed by atoms with Crippen molar-refractivity contribution in [1.29, 1.82) is 0 Å². The van der Waals surface area contributed by atoms with Crippen LogP contribution in [-0.4, -0.2) is 60.3 Å². The summed E-state index contributed by atoms with van der Waals surface area (Å²) in [6.07, 6.45) is 5.00. The van der Waals surface area contributed by atoms with E-state index in [2.05, 4.69) is 41.5 Å². The summed E-state index contributed by atoms with van der Waals surface area (Å²) in [5.74, 6) is 0.970. The highest BCUT2D eigenvalue weighted by molar-refractivity contribution is 5.85. The Labute approximate surface area is 163 Å². The van der Waals surface area contributed by atoms with E-state index < -0.39 is 0 Å². The highest BCUT2D eigenvalue weighted by atomic mass is 16.2. The van der Waals surface area contributed by atoms with E-state index in [-0.39, 0.29) is 17.4 Å². The first-order chi connectivity index (χ1) is 12.7. The van der Waals surface area contributed by atoms with Crippen molar-refractivity contribution in [2.45, 2.75) is 58.9 Å². The summed E-state index contributed by atoms with van der Waals surface area (Å²) >= 11 is 0. The quantitative estimate of drug-likeness (QED) is 0.586. The number of aliphatic imine (C=N–C) groups is 1. The summed E-state index contributed by atoms with van der Waals surface area (Å²) in [6.45, 7) is 6.93. The van der Waals surface area contributed by atoms with Crippen LogP contribution >= 0.6 is 0 Å². The Kier molecular flexibility index (Phi) is 6.89. The zero-order valence-corrected chi connectivity index (χ0v) is 18.0. The van der Waals surface area contributed by atoms with Crippen LogP contribution in [0.4, 0.5) is 0 Å². The molecule has 0 aliphatic heterocycles. The van der Waals surface area contributed by atoms with Gasteiger partial charge in [0, 0.05) is 46.5 Å². The first kappa shape index (κ1) is 21.3. The molecular weight excluding hydrogens is 340 g/mol. The molecule has 27 heavy (non-hydrogen) atoms. The van der Waals surface area contributed by atoms with Crippen LogP contribution in [0.3, 0.4) is 0 Å². The van der Waals surface area contributed by atoms with Gasteiger partial charge in [-0.3, -0.25) is 14.5 Å². The summed E-state index contributed by atoms with van der Waals surface area (Å²) in [5, 5.41) is 11.4. The van der Waals surface area contributed by atoms with Gasteiger partial charge in [-0.25, -0.2) is 0 Å². The third-order valence-corrected chi connectivity index (χ3v) is 5.79. The minimum Gasteiger partial charge on any atom is -0.355 e. The smallest absolute Gasteiger partial charge is 0.230 e. The van der Waals surface area contributed by atoms with E-state index in [0.29, 0.717) is 6.54 Å². The van der Waals surface area contributed by atoms with Crippen molar-refractivity contribution < 1.29 is 4.79 Å². The first-order valence-corrected chi connectivity index (χ1v) is 9.88. The molecule has 152 valence electrons. The van der Waals surface area contributed by atoms with Gasteiger partial charge in [0.05, 0.1) is 11.1 Å². The van der Waals surface area contributed by atoms with Crippen molar-refractivity contribution in [1.82, 2.24) is 25.3 Å². The van der Waals surface area contributed by atoms with Gasteiger partial charge in [-0.05, 0) is 45.6 Å². The standard InChI is InChI=1S/C20H36N6O/c1-14(12-17-15(2)24-26(7)16(17)3)23-19(21-4)22-13-20(10-8-9-11-20)18(27)25(5)6/h14H,8-13H2,1-7H3,(H2,21,22,23). The van der Waals surface area contributed by atoms with E-state index >= 15 is 0 Å². The summed E-state index contributed by atoms with van der Waals surface area (Å²) in [7, 11) is 7.44. The van der Waals surface area contributed by atoms with Crippen molar-refractivity contribution in [2.24, 2.45) is 17.5 Å². The topological polar surface area (TPSA) is 74.6 Å². The number of carbonyl (C=O) groups excluding carboxylic acids is 1. The van der Waals surface area contributed by atoms with Crippen molar-refractivity contribution in [3.8, 4) is 0 Å². The minimum absolute atomic E-state index is 0.210. The van der Waals surface area contributed by atoms with Gasteiger partial charge in [-0.1, -0.05) is 12.8 Å². The first-order valence-electron chi connectivity index (χ1n) is 9.88. The lowest BCUT2D eigenvalue weighted by molar-refractivity contribution is -0.138. The molecule has 1 aromatic rings. The van der Waals surface area contributed by atoms with Gasteiger partial charge in [0.25, 0.3) is 0 Å². The van der Waals surface area contributed by atoms with E-state index in [0.717, 1.165) is 43.8 Å². The molecule has 1 aliphatic rings. The number of guanidine groups is 1. The van der Waals surface area contributed by atoms with Crippen LogP contribution in [0.1, 0.15) is 49.6 Å². The van der Waals surface area contributed by atoms with Gasteiger partial charge < -0.3 is 15.5 Å². The number of nitrogens with one attached hydrogen (secondary N) is 2. The zero-order chi connectivity index (χ0) is 20.2. The van der Waals surface area contributed by atoms with Gasteiger partial charge in [0.1, 0.15) is 0 Å². The number of aromatic nitrogens is 2. The SMILES string of the molecule is CN=C(NCC1(C(=O)N(C)C)CCCC1)NC(C)Cc1c(C)nn(C)c1C. The predicted octanol–water partition coefficient (Wildman–Crippen LogP) is 1.78. The second-order valence-electron chi connectivity index (χ2n) is 8.14. The van der Waals surface area contributed by atoms with Crippen LogP contribution in [0.5, 0.6) is 0 Å². The Morgan fingerprint density at radius 3 is 2.44 bits per heavy atom. The lowest BCUT2D eigenvalue weighted by atomic mass is 9.84. The van der Waals surface area contributed by atoms with E-state index in [9.17, 15) is 4.79 Å². The lowest BCUT2D eigenvalue weighted by Crippen LogP contribution is -2.50. The fourth-order valence-corrected chi connectivity index (χ4v) is 4.14. The number of nitrogens with zero attached hydrogens (tertiary/aromatic N) is 4. The van der Waals surface area contributed by atoms with Gasteiger partial charge in [0.2, 0.25) is 5.91 Å². The number of hydrogen-bond donors (Lipinski definition) is 2. The Morgan fingerprint density at radius 2 is 1.96 bits per heavy atom. The largest absolute Gasteiger partial charge is 0.355 e.